The van der Waals surface area contributed by atoms with Gasteiger partial charge in [-0.15, -0.1) is 11.3 Å². The first-order valence-corrected chi connectivity index (χ1v) is 27.6. The summed E-state index contributed by atoms with van der Waals surface area (Å²) in [5, 5.41) is 19.9. The Bertz CT molecular complexity index is 2690. The molecule has 1 aliphatic carbocycles. The van der Waals surface area contributed by atoms with Gasteiger partial charge in [-0.2, -0.15) is 0 Å². The van der Waals surface area contributed by atoms with Crippen LogP contribution < -0.4 is 31.3 Å². The molecule has 5 heterocycles. The van der Waals surface area contributed by atoms with Gasteiger partial charge in [0.1, 0.15) is 28.7 Å². The number of nitrogens with two attached hydrogens (primary N) is 1. The first kappa shape index (κ1) is 54.8. The highest BCUT2D eigenvalue weighted by Gasteiger charge is 2.53. The number of anilines is 2. The highest BCUT2D eigenvalue weighted by atomic mass is 35.5. The molecule has 74 heavy (non-hydrogen) atoms. The van der Waals surface area contributed by atoms with Crippen LogP contribution in [0.15, 0.2) is 64.2 Å². The number of aliphatic hydroxyl groups is 1. The zero-order valence-corrected chi connectivity index (χ0v) is 45.1. The molecule has 0 radical (unpaired) electrons. The van der Waals surface area contributed by atoms with E-state index in [1.807, 2.05) is 31.2 Å². The fraction of sp³-hybridized carbons (Fsp3) is 0.547. The second-order valence-electron chi connectivity index (χ2n) is 21.6. The van der Waals surface area contributed by atoms with Crippen molar-refractivity contribution in [3.05, 3.63) is 70.6 Å². The van der Waals surface area contributed by atoms with Crippen LogP contribution in [-0.4, -0.2) is 129 Å². The van der Waals surface area contributed by atoms with Gasteiger partial charge >= 0.3 is 11.8 Å². The number of carbonyl (C=O) groups excluding carboxylic acids is 5. The lowest BCUT2D eigenvalue weighted by molar-refractivity contribution is -0.145. The maximum atomic E-state index is 14.7. The zero-order chi connectivity index (χ0) is 53.0. The molecule has 5 amide bonds. The molecule has 3 atom stereocenters. The lowest BCUT2D eigenvalue weighted by atomic mass is 9.80. The van der Waals surface area contributed by atoms with Gasteiger partial charge in [-0.3, -0.25) is 24.0 Å². The summed E-state index contributed by atoms with van der Waals surface area (Å²) in [6, 6.07) is 8.91. The van der Waals surface area contributed by atoms with E-state index in [2.05, 4.69) is 42.7 Å². The third kappa shape index (κ3) is 13.2. The average molecular weight is 1080 g/mol. The van der Waals surface area contributed by atoms with E-state index < -0.39 is 58.8 Å². The number of rotatable bonds is 17. The number of likely N-dealkylation sites (tertiary alicyclic amines) is 2. The monoisotopic (exact) mass is 1070 g/mol. The molecule has 2 unspecified atom stereocenters. The molecule has 17 nitrogen and oxygen atoms in total. The third-order valence-corrected chi connectivity index (χ3v) is 17.3. The number of benzene rings is 2. The molecule has 3 saturated heterocycles. The number of hydrogen-bond donors (Lipinski definition) is 5. The van der Waals surface area contributed by atoms with Crippen LogP contribution in [0.5, 0.6) is 5.75 Å². The molecule has 21 heteroatoms. The minimum atomic E-state index is -1.99. The van der Waals surface area contributed by atoms with Crippen LogP contribution in [-0.2, 0) is 30.5 Å². The molecule has 2 aromatic heterocycles. The van der Waals surface area contributed by atoms with Crippen LogP contribution >= 0.6 is 34.7 Å². The van der Waals surface area contributed by atoms with Gasteiger partial charge in [-0.05, 0) is 105 Å². The second kappa shape index (κ2) is 23.2. The van der Waals surface area contributed by atoms with Crippen molar-refractivity contribution in [1.29, 1.82) is 0 Å². The molecule has 2 aromatic carbocycles. The summed E-state index contributed by atoms with van der Waals surface area (Å²) in [6.07, 6.45) is 7.71. The molecular formula is C53H68ClFN10O7S2. The number of piperidine rings is 2. The predicted molar refractivity (Wildman–Crippen MR) is 284 cm³/mol. The van der Waals surface area contributed by atoms with Gasteiger partial charge < -0.3 is 46.2 Å². The molecule has 1 saturated carbocycles. The molecule has 8 rings (SSSR count). The number of aliphatic hydroxyl groups excluding tert-OH is 1. The van der Waals surface area contributed by atoms with Crippen molar-refractivity contribution >= 4 is 75.7 Å². The Hall–Kier alpha value is -5.41. The van der Waals surface area contributed by atoms with E-state index in [1.54, 1.807) is 55.7 Å². The maximum Gasteiger partial charge on any atom is 0.313 e. The number of hydrogen-bond acceptors (Lipinski definition) is 14. The SMILES string of the molecule is Cc1ncsc1-c1ccc(CNC(=O)C2CC(O)CN2C(=O)[C@@H](NC(=O)C2(F)CC2)C(C)(C)C)c(OCCCC2CCN(C(=O)C(=O)Nc3cccc(Sc4cnc(N5CCC(C)(CN)CC5)cn4)c3Cl)CC2)c1. The van der Waals surface area contributed by atoms with Gasteiger partial charge in [-0.1, -0.05) is 69.3 Å². The van der Waals surface area contributed by atoms with Crippen molar-refractivity contribution in [1.82, 2.24) is 35.4 Å². The van der Waals surface area contributed by atoms with Crippen molar-refractivity contribution in [3.63, 3.8) is 0 Å². The van der Waals surface area contributed by atoms with E-state index in [9.17, 15) is 33.5 Å². The quantitative estimate of drug-likeness (QED) is 0.0535. The number of β-amino-alcohol motifs (C(OH)–C–C–N with tert-alkyl or cyclic N) is 1. The van der Waals surface area contributed by atoms with Gasteiger partial charge in [-0.25, -0.2) is 19.3 Å². The number of nitrogens with zero attached hydrogens (tertiary/aromatic N) is 6. The molecule has 398 valence electrons. The fourth-order valence-corrected chi connectivity index (χ4v) is 11.5. The molecule has 4 aromatic rings. The van der Waals surface area contributed by atoms with Crippen molar-refractivity contribution in [2.75, 3.05) is 56.1 Å². The lowest BCUT2D eigenvalue weighted by Crippen LogP contribution is -2.59. The average Bonchev–Trinajstić information content (AvgIpc) is 3.79. The van der Waals surface area contributed by atoms with E-state index in [0.29, 0.717) is 64.1 Å². The number of halogens is 2. The number of ether oxygens (including phenoxy) is 1. The number of nitrogens with one attached hydrogen (secondary N) is 3. The molecule has 4 fully saturated rings. The molecule has 6 N–H and O–H groups in total. The first-order chi connectivity index (χ1) is 35.2. The zero-order valence-electron chi connectivity index (χ0n) is 42.8. The minimum Gasteiger partial charge on any atom is -0.493 e. The smallest absolute Gasteiger partial charge is 0.313 e. The molecular weight excluding hydrogens is 1010 g/mol. The van der Waals surface area contributed by atoms with Crippen molar-refractivity contribution in [2.45, 2.75) is 133 Å². The lowest BCUT2D eigenvalue weighted by Gasteiger charge is -2.39. The van der Waals surface area contributed by atoms with Crippen LogP contribution in [0.3, 0.4) is 0 Å². The minimum absolute atomic E-state index is 0.00853. The summed E-state index contributed by atoms with van der Waals surface area (Å²) >= 11 is 9.61. The molecule has 4 aliphatic rings. The Labute approximate surface area is 445 Å². The Kier molecular flexibility index (Phi) is 17.2. The maximum absolute atomic E-state index is 14.7. The number of alkyl halides is 1. The molecule has 0 spiro atoms. The van der Waals surface area contributed by atoms with E-state index in [-0.39, 0.29) is 37.8 Å². The summed E-state index contributed by atoms with van der Waals surface area (Å²) in [5.41, 5.74) is 7.96. The van der Waals surface area contributed by atoms with Gasteiger partial charge in [0.05, 0.1) is 51.9 Å². The summed E-state index contributed by atoms with van der Waals surface area (Å²) in [6.45, 7) is 13.1. The van der Waals surface area contributed by atoms with E-state index in [4.69, 9.17) is 22.1 Å². The Balaban J connectivity index is 0.813. The number of aromatic nitrogens is 3. The summed E-state index contributed by atoms with van der Waals surface area (Å²) in [4.78, 5) is 87.6. The number of amides is 5. The Morgan fingerprint density at radius 3 is 2.42 bits per heavy atom. The van der Waals surface area contributed by atoms with E-state index in [0.717, 1.165) is 73.6 Å². The highest BCUT2D eigenvalue weighted by Crippen LogP contribution is 2.41. The Morgan fingerprint density at radius 2 is 1.77 bits per heavy atom. The fourth-order valence-electron chi connectivity index (χ4n) is 9.68. The van der Waals surface area contributed by atoms with Gasteiger partial charge in [0, 0.05) is 56.1 Å². The number of carbonyl (C=O) groups is 5. The molecule has 0 bridgehead atoms. The van der Waals surface area contributed by atoms with Crippen molar-refractivity contribution in [3.8, 4) is 16.2 Å². The van der Waals surface area contributed by atoms with Gasteiger partial charge in [0.25, 0.3) is 5.91 Å². The van der Waals surface area contributed by atoms with E-state index in [1.165, 1.54) is 28.0 Å². The number of thiazole rings is 1. The summed E-state index contributed by atoms with van der Waals surface area (Å²) < 4.78 is 21.1. The first-order valence-electron chi connectivity index (χ1n) is 25.5. The number of aryl methyl sites for hydroxylation is 1. The summed E-state index contributed by atoms with van der Waals surface area (Å²) in [5.74, 6) is -1.54. The third-order valence-electron chi connectivity index (χ3n) is 14.8. The van der Waals surface area contributed by atoms with Crippen LogP contribution in [0.1, 0.15) is 96.7 Å². The normalized spacial score (nSPS) is 19.9. The van der Waals surface area contributed by atoms with Crippen molar-refractivity contribution in [2.24, 2.45) is 22.5 Å². The van der Waals surface area contributed by atoms with Crippen LogP contribution in [0, 0.1) is 23.7 Å². The highest BCUT2D eigenvalue weighted by molar-refractivity contribution is 7.99. The van der Waals surface area contributed by atoms with Gasteiger partial charge in [0.15, 0.2) is 5.67 Å². The second-order valence-corrected chi connectivity index (χ2v) is 23.9. The largest absolute Gasteiger partial charge is 0.493 e. The van der Waals surface area contributed by atoms with Gasteiger partial charge in [0.2, 0.25) is 11.8 Å². The topological polar surface area (TPSA) is 225 Å². The summed E-state index contributed by atoms with van der Waals surface area (Å²) in [7, 11) is 0. The van der Waals surface area contributed by atoms with Crippen LogP contribution in [0.4, 0.5) is 15.9 Å². The van der Waals surface area contributed by atoms with E-state index >= 15 is 0 Å². The Morgan fingerprint density at radius 1 is 1.03 bits per heavy atom. The predicted octanol–water partition coefficient (Wildman–Crippen LogP) is 6.93. The van der Waals surface area contributed by atoms with Crippen LogP contribution in [0.2, 0.25) is 5.02 Å². The molecule has 3 aliphatic heterocycles. The van der Waals surface area contributed by atoms with Crippen molar-refractivity contribution < 1.29 is 38.2 Å². The van der Waals surface area contributed by atoms with Crippen LogP contribution in [0.25, 0.3) is 10.4 Å². The standard InChI is InChI=1S/C53H68ClFN10O7S2/c1-32-44(73-31-60-32)34-11-12-35(26-59-46(67)38-25-36(66)29-65(38)48(69)45(51(2,3)4)62-50(71)53(55)15-16-53)39(24-34)72-23-7-8-33-13-19-64(20-14-33)49(70)47(68)61-37-9-6-10-40(43(37)54)74-42-28-57-41(27-58-42)63-21-17-52(5,30-56)18-22-63/h6,9-12,24,27-28,31,33,36,38,45,66H,7-8,13-23,25-26,29-30,56H2,1-5H3,(H,59,67)(H,61,68)(H,62,71)/t36?,38?,45-/m1/s1.